The Morgan fingerprint density at radius 2 is 2.31 bits per heavy atom. The molecular formula is C10H10FN3S2. The van der Waals surface area contributed by atoms with Crippen molar-refractivity contribution in [2.75, 3.05) is 6.54 Å². The molecule has 1 aromatic heterocycles. The van der Waals surface area contributed by atoms with Gasteiger partial charge >= 0.3 is 0 Å². The molecule has 6 heteroatoms. The van der Waals surface area contributed by atoms with E-state index in [1.54, 1.807) is 6.07 Å². The molecule has 16 heavy (non-hydrogen) atoms. The Bertz CT molecular complexity index is 459. The third-order valence-electron chi connectivity index (χ3n) is 1.99. The second-order valence-corrected chi connectivity index (χ2v) is 5.11. The number of rotatable bonds is 4. The van der Waals surface area contributed by atoms with Crippen LogP contribution in [-0.4, -0.2) is 15.9 Å². The van der Waals surface area contributed by atoms with Crippen molar-refractivity contribution in [3.05, 3.63) is 35.9 Å². The molecule has 3 nitrogen and oxygen atoms in total. The highest BCUT2D eigenvalue weighted by Gasteiger charge is 2.11. The summed E-state index contributed by atoms with van der Waals surface area (Å²) in [7, 11) is 0. The van der Waals surface area contributed by atoms with Crippen molar-refractivity contribution in [1.82, 2.24) is 9.36 Å². The van der Waals surface area contributed by atoms with E-state index >= 15 is 0 Å². The Morgan fingerprint density at radius 3 is 3.00 bits per heavy atom. The van der Waals surface area contributed by atoms with Crippen LogP contribution >= 0.6 is 23.3 Å². The molecule has 0 aliphatic carbocycles. The number of hydrogen-bond donors (Lipinski definition) is 1. The molecule has 0 saturated heterocycles. The summed E-state index contributed by atoms with van der Waals surface area (Å²) in [6, 6.07) is 5.03. The van der Waals surface area contributed by atoms with Gasteiger partial charge in [-0.25, -0.2) is 9.37 Å². The van der Waals surface area contributed by atoms with Gasteiger partial charge in [0, 0.05) is 0 Å². The van der Waals surface area contributed by atoms with Crippen LogP contribution in [0.5, 0.6) is 0 Å². The maximum atomic E-state index is 13.7. The summed E-state index contributed by atoms with van der Waals surface area (Å²) in [4.78, 5) is 4.63. The van der Waals surface area contributed by atoms with Gasteiger partial charge in [0.1, 0.15) is 12.1 Å². The quantitative estimate of drug-likeness (QED) is 0.911. The molecule has 0 fully saturated rings. The van der Waals surface area contributed by atoms with E-state index in [2.05, 4.69) is 9.36 Å². The minimum atomic E-state index is -0.230. The molecule has 0 radical (unpaired) electrons. The number of nitrogens with two attached hydrogens (primary N) is 1. The number of hydrogen-bond acceptors (Lipinski definition) is 5. The molecule has 2 rings (SSSR count). The van der Waals surface area contributed by atoms with Gasteiger partial charge in [0.25, 0.3) is 0 Å². The van der Waals surface area contributed by atoms with Crippen molar-refractivity contribution in [2.45, 2.75) is 15.7 Å². The molecule has 0 spiro atoms. The Balaban J connectivity index is 2.30. The largest absolute Gasteiger partial charge is 0.330 e. The van der Waals surface area contributed by atoms with Crippen LogP contribution in [0.4, 0.5) is 4.39 Å². The Labute approximate surface area is 101 Å². The normalized spacial score (nSPS) is 10.6. The van der Waals surface area contributed by atoms with Crippen molar-refractivity contribution >= 4 is 23.3 Å². The standard InChI is InChI=1S/C10H10FN3S2/c11-8-3-1-2-7(4-5-12)9(8)15-10-13-6-14-16-10/h1-3,6H,4-5,12H2. The van der Waals surface area contributed by atoms with Crippen molar-refractivity contribution in [3.63, 3.8) is 0 Å². The van der Waals surface area contributed by atoms with Crippen LogP contribution in [0.1, 0.15) is 5.56 Å². The van der Waals surface area contributed by atoms with Crippen LogP contribution in [0.15, 0.2) is 33.8 Å². The molecule has 1 aromatic carbocycles. The lowest BCUT2D eigenvalue weighted by Gasteiger charge is -2.07. The molecule has 1 heterocycles. The molecule has 0 aliphatic rings. The van der Waals surface area contributed by atoms with E-state index in [1.807, 2.05) is 6.07 Å². The second kappa shape index (κ2) is 5.38. The third-order valence-corrected chi connectivity index (χ3v) is 3.87. The fourth-order valence-electron chi connectivity index (χ4n) is 1.32. The minimum absolute atomic E-state index is 0.230. The van der Waals surface area contributed by atoms with Gasteiger partial charge in [-0.2, -0.15) is 4.37 Å². The van der Waals surface area contributed by atoms with Gasteiger partial charge < -0.3 is 5.73 Å². The fourth-order valence-corrected chi connectivity index (χ4v) is 2.86. The van der Waals surface area contributed by atoms with E-state index < -0.39 is 0 Å². The number of benzene rings is 1. The lowest BCUT2D eigenvalue weighted by molar-refractivity contribution is 0.597. The highest BCUT2D eigenvalue weighted by Crippen LogP contribution is 2.33. The number of nitrogens with zero attached hydrogens (tertiary/aromatic N) is 2. The molecule has 84 valence electrons. The fraction of sp³-hybridized carbons (Fsp3) is 0.200. The molecule has 2 aromatic rings. The maximum absolute atomic E-state index is 13.7. The zero-order valence-corrected chi connectivity index (χ0v) is 10.0. The Hall–Kier alpha value is -0.980. The van der Waals surface area contributed by atoms with Crippen LogP contribution < -0.4 is 5.73 Å². The summed E-state index contributed by atoms with van der Waals surface area (Å²) in [6.07, 6.45) is 2.13. The topological polar surface area (TPSA) is 51.8 Å². The van der Waals surface area contributed by atoms with E-state index in [0.29, 0.717) is 17.9 Å². The van der Waals surface area contributed by atoms with Crippen LogP contribution in [0.2, 0.25) is 0 Å². The molecule has 0 unspecified atom stereocenters. The summed E-state index contributed by atoms with van der Waals surface area (Å²) in [5, 5.41) is 0. The van der Waals surface area contributed by atoms with E-state index in [0.717, 1.165) is 9.90 Å². The second-order valence-electron chi connectivity index (χ2n) is 3.08. The molecule has 0 atom stereocenters. The summed E-state index contributed by atoms with van der Waals surface area (Å²) in [6.45, 7) is 0.507. The monoisotopic (exact) mass is 255 g/mol. The van der Waals surface area contributed by atoms with Crippen molar-refractivity contribution in [1.29, 1.82) is 0 Å². The first kappa shape index (κ1) is 11.5. The maximum Gasteiger partial charge on any atom is 0.174 e. The Kier molecular flexibility index (Phi) is 3.87. The predicted octanol–water partition coefficient (Wildman–Crippen LogP) is 2.33. The van der Waals surface area contributed by atoms with Crippen molar-refractivity contribution < 1.29 is 4.39 Å². The van der Waals surface area contributed by atoms with E-state index in [9.17, 15) is 4.39 Å². The highest BCUT2D eigenvalue weighted by atomic mass is 32.2. The van der Waals surface area contributed by atoms with Gasteiger partial charge in [0.15, 0.2) is 4.34 Å². The SMILES string of the molecule is NCCc1cccc(F)c1Sc1ncns1. The van der Waals surface area contributed by atoms with Gasteiger partial charge in [0.2, 0.25) is 0 Å². The van der Waals surface area contributed by atoms with E-state index in [4.69, 9.17) is 5.73 Å². The minimum Gasteiger partial charge on any atom is -0.330 e. The first-order valence-corrected chi connectivity index (χ1v) is 6.32. The first-order chi connectivity index (χ1) is 7.81. The van der Waals surface area contributed by atoms with E-state index in [1.165, 1.54) is 35.7 Å². The zero-order chi connectivity index (χ0) is 11.4. The number of aromatic nitrogens is 2. The first-order valence-electron chi connectivity index (χ1n) is 4.73. The molecule has 0 saturated carbocycles. The van der Waals surface area contributed by atoms with Crippen LogP contribution in [0.3, 0.4) is 0 Å². The van der Waals surface area contributed by atoms with Crippen LogP contribution in [0.25, 0.3) is 0 Å². The summed E-state index contributed by atoms with van der Waals surface area (Å²) in [5.74, 6) is -0.230. The smallest absolute Gasteiger partial charge is 0.174 e. The summed E-state index contributed by atoms with van der Waals surface area (Å²) < 4.78 is 18.3. The Morgan fingerprint density at radius 1 is 1.44 bits per heavy atom. The lowest BCUT2D eigenvalue weighted by Crippen LogP contribution is -2.04. The highest BCUT2D eigenvalue weighted by molar-refractivity contribution is 8.01. The number of halogens is 1. The van der Waals surface area contributed by atoms with Gasteiger partial charge in [-0.1, -0.05) is 23.9 Å². The molecular weight excluding hydrogens is 245 g/mol. The van der Waals surface area contributed by atoms with Crippen LogP contribution in [-0.2, 0) is 6.42 Å². The molecule has 0 amide bonds. The van der Waals surface area contributed by atoms with Gasteiger partial charge in [-0.3, -0.25) is 0 Å². The summed E-state index contributed by atoms with van der Waals surface area (Å²) >= 11 is 2.56. The van der Waals surface area contributed by atoms with Crippen molar-refractivity contribution in [3.8, 4) is 0 Å². The molecule has 2 N–H and O–H groups in total. The molecule has 0 aliphatic heterocycles. The molecule has 0 bridgehead atoms. The third kappa shape index (κ3) is 2.58. The zero-order valence-electron chi connectivity index (χ0n) is 8.39. The van der Waals surface area contributed by atoms with Gasteiger partial charge in [0.05, 0.1) is 4.90 Å². The van der Waals surface area contributed by atoms with Gasteiger partial charge in [-0.05, 0) is 36.1 Å². The van der Waals surface area contributed by atoms with Crippen LogP contribution in [0, 0.1) is 5.82 Å². The summed E-state index contributed by atoms with van der Waals surface area (Å²) in [5.41, 5.74) is 6.41. The van der Waals surface area contributed by atoms with E-state index in [-0.39, 0.29) is 5.82 Å². The van der Waals surface area contributed by atoms with Crippen molar-refractivity contribution in [2.24, 2.45) is 5.73 Å². The lowest BCUT2D eigenvalue weighted by atomic mass is 10.1. The predicted molar refractivity (Wildman–Crippen MR) is 63.2 cm³/mol. The average molecular weight is 255 g/mol. The average Bonchev–Trinajstić information content (AvgIpc) is 2.76. The van der Waals surface area contributed by atoms with Gasteiger partial charge in [-0.15, -0.1) is 0 Å².